The highest BCUT2D eigenvalue weighted by Crippen LogP contribution is 2.21. The second kappa shape index (κ2) is 4.92. The average Bonchev–Trinajstić information content (AvgIpc) is 3.02. The van der Waals surface area contributed by atoms with E-state index in [2.05, 4.69) is 25.7 Å². The lowest BCUT2D eigenvalue weighted by Gasteiger charge is -2.07. The number of H-pyrrole nitrogens is 1. The minimum atomic E-state index is -0.206. The van der Waals surface area contributed by atoms with E-state index in [0.29, 0.717) is 16.8 Å². The number of para-hydroxylation sites is 1. The molecule has 6 heteroatoms. The van der Waals surface area contributed by atoms with Gasteiger partial charge in [-0.05, 0) is 30.3 Å². The topological polar surface area (TPSA) is 83.6 Å². The van der Waals surface area contributed by atoms with Crippen molar-refractivity contribution < 1.29 is 4.79 Å². The molecule has 2 aromatic heterocycles. The average molecular weight is 289 g/mol. The smallest absolute Gasteiger partial charge is 0.255 e. The van der Waals surface area contributed by atoms with Gasteiger partial charge in [-0.3, -0.25) is 9.78 Å². The zero-order chi connectivity index (χ0) is 14.9. The van der Waals surface area contributed by atoms with Gasteiger partial charge in [0.25, 0.3) is 5.91 Å². The second-order valence-corrected chi connectivity index (χ2v) is 4.86. The lowest BCUT2D eigenvalue weighted by atomic mass is 10.1. The number of carbonyl (C=O) groups excluding carboxylic acids is 1. The van der Waals surface area contributed by atoms with Crippen LogP contribution in [0.2, 0.25) is 0 Å². The molecule has 0 unspecified atom stereocenters. The van der Waals surface area contributed by atoms with Gasteiger partial charge in [-0.1, -0.05) is 18.2 Å². The Kier molecular flexibility index (Phi) is 2.79. The number of carbonyl (C=O) groups is 1. The summed E-state index contributed by atoms with van der Waals surface area (Å²) in [5.41, 5.74) is 3.35. The van der Waals surface area contributed by atoms with E-state index >= 15 is 0 Å². The Balaban J connectivity index is 1.71. The molecule has 0 aliphatic rings. The fourth-order valence-electron chi connectivity index (χ4n) is 2.38. The SMILES string of the molecule is O=C(Nc1cccc2cccnc12)c1ccc2n[nH]nc2c1. The summed E-state index contributed by atoms with van der Waals surface area (Å²) in [6, 6.07) is 14.7. The first-order chi connectivity index (χ1) is 10.8. The maximum absolute atomic E-state index is 12.4. The molecule has 2 aromatic carbocycles. The van der Waals surface area contributed by atoms with Gasteiger partial charge in [0.15, 0.2) is 0 Å². The van der Waals surface area contributed by atoms with Crippen LogP contribution in [-0.4, -0.2) is 26.3 Å². The molecule has 4 rings (SSSR count). The normalized spacial score (nSPS) is 10.9. The minimum Gasteiger partial charge on any atom is -0.320 e. The van der Waals surface area contributed by atoms with Gasteiger partial charge in [-0.2, -0.15) is 15.4 Å². The van der Waals surface area contributed by atoms with Crippen LogP contribution in [0.3, 0.4) is 0 Å². The Labute approximate surface area is 125 Å². The van der Waals surface area contributed by atoms with E-state index in [4.69, 9.17) is 0 Å². The van der Waals surface area contributed by atoms with Crippen LogP contribution in [-0.2, 0) is 0 Å². The van der Waals surface area contributed by atoms with Crippen molar-refractivity contribution in [1.29, 1.82) is 0 Å². The zero-order valence-corrected chi connectivity index (χ0v) is 11.4. The molecule has 22 heavy (non-hydrogen) atoms. The highest BCUT2D eigenvalue weighted by atomic mass is 16.1. The van der Waals surface area contributed by atoms with Gasteiger partial charge in [0.05, 0.1) is 11.2 Å². The first kappa shape index (κ1) is 12.5. The highest BCUT2D eigenvalue weighted by molar-refractivity contribution is 6.09. The third-order valence-corrected chi connectivity index (χ3v) is 3.46. The van der Waals surface area contributed by atoms with Crippen LogP contribution in [0.4, 0.5) is 5.69 Å². The number of anilines is 1. The van der Waals surface area contributed by atoms with Gasteiger partial charge in [0.1, 0.15) is 11.0 Å². The van der Waals surface area contributed by atoms with Crippen molar-refractivity contribution >= 4 is 33.5 Å². The molecule has 0 saturated heterocycles. The summed E-state index contributed by atoms with van der Waals surface area (Å²) < 4.78 is 0. The Morgan fingerprint density at radius 3 is 2.82 bits per heavy atom. The maximum Gasteiger partial charge on any atom is 0.255 e. The number of hydrogen-bond acceptors (Lipinski definition) is 4. The molecule has 0 radical (unpaired) electrons. The van der Waals surface area contributed by atoms with Crippen molar-refractivity contribution in [3.8, 4) is 0 Å². The van der Waals surface area contributed by atoms with E-state index < -0.39 is 0 Å². The molecule has 0 aliphatic carbocycles. The number of aromatic amines is 1. The van der Waals surface area contributed by atoms with Crippen LogP contribution in [0.5, 0.6) is 0 Å². The molecule has 2 heterocycles. The molecule has 6 nitrogen and oxygen atoms in total. The molecule has 0 fully saturated rings. The molecule has 106 valence electrons. The van der Waals surface area contributed by atoms with Crippen molar-refractivity contribution in [1.82, 2.24) is 20.4 Å². The van der Waals surface area contributed by atoms with Crippen LogP contribution < -0.4 is 5.32 Å². The standard InChI is InChI=1S/C16H11N5O/c22-16(11-6-7-12-14(9-11)20-21-19-12)18-13-5-1-3-10-4-2-8-17-15(10)13/h1-9H,(H,18,22)(H,19,20,21). The lowest BCUT2D eigenvalue weighted by molar-refractivity contribution is 0.102. The van der Waals surface area contributed by atoms with Crippen molar-refractivity contribution in [2.45, 2.75) is 0 Å². The number of rotatable bonds is 2. The van der Waals surface area contributed by atoms with Crippen molar-refractivity contribution in [2.24, 2.45) is 0 Å². The second-order valence-electron chi connectivity index (χ2n) is 4.86. The Bertz CT molecular complexity index is 987. The molecule has 0 atom stereocenters. The van der Waals surface area contributed by atoms with Crippen LogP contribution >= 0.6 is 0 Å². The molecular weight excluding hydrogens is 278 g/mol. The van der Waals surface area contributed by atoms with E-state index in [1.54, 1.807) is 24.4 Å². The summed E-state index contributed by atoms with van der Waals surface area (Å²) in [6.07, 6.45) is 1.71. The highest BCUT2D eigenvalue weighted by Gasteiger charge is 2.10. The monoisotopic (exact) mass is 289 g/mol. The van der Waals surface area contributed by atoms with Gasteiger partial charge in [-0.15, -0.1) is 0 Å². The lowest BCUT2D eigenvalue weighted by Crippen LogP contribution is -2.12. The van der Waals surface area contributed by atoms with Crippen LogP contribution in [0, 0.1) is 0 Å². The Hall–Kier alpha value is -3.28. The predicted octanol–water partition coefficient (Wildman–Crippen LogP) is 2.76. The number of nitrogens with zero attached hydrogens (tertiary/aromatic N) is 3. The first-order valence-corrected chi connectivity index (χ1v) is 6.77. The van der Waals surface area contributed by atoms with Gasteiger partial charge in [0, 0.05) is 17.1 Å². The van der Waals surface area contributed by atoms with Gasteiger partial charge < -0.3 is 5.32 Å². The van der Waals surface area contributed by atoms with E-state index in [0.717, 1.165) is 16.4 Å². The molecule has 2 N–H and O–H groups in total. The number of aromatic nitrogens is 4. The van der Waals surface area contributed by atoms with Gasteiger partial charge >= 0.3 is 0 Å². The molecular formula is C16H11N5O. The largest absolute Gasteiger partial charge is 0.320 e. The molecule has 0 spiro atoms. The summed E-state index contributed by atoms with van der Waals surface area (Å²) in [4.78, 5) is 16.8. The summed E-state index contributed by atoms with van der Waals surface area (Å²) in [5.74, 6) is -0.206. The van der Waals surface area contributed by atoms with Crippen LogP contribution in [0.1, 0.15) is 10.4 Å². The van der Waals surface area contributed by atoms with Crippen LogP contribution in [0.15, 0.2) is 54.7 Å². The zero-order valence-electron chi connectivity index (χ0n) is 11.4. The van der Waals surface area contributed by atoms with E-state index in [9.17, 15) is 4.79 Å². The third-order valence-electron chi connectivity index (χ3n) is 3.46. The van der Waals surface area contributed by atoms with E-state index in [-0.39, 0.29) is 5.91 Å². The van der Waals surface area contributed by atoms with Crippen molar-refractivity contribution in [3.63, 3.8) is 0 Å². The molecule has 0 saturated carbocycles. The first-order valence-electron chi connectivity index (χ1n) is 6.77. The number of pyridine rings is 1. The minimum absolute atomic E-state index is 0.206. The fraction of sp³-hybridized carbons (Fsp3) is 0. The summed E-state index contributed by atoms with van der Waals surface area (Å²) >= 11 is 0. The number of nitrogens with one attached hydrogen (secondary N) is 2. The van der Waals surface area contributed by atoms with Gasteiger partial charge in [0.2, 0.25) is 0 Å². The molecule has 4 aromatic rings. The van der Waals surface area contributed by atoms with Gasteiger partial charge in [-0.25, -0.2) is 0 Å². The van der Waals surface area contributed by atoms with E-state index in [1.807, 2.05) is 30.3 Å². The maximum atomic E-state index is 12.4. The Morgan fingerprint density at radius 2 is 1.86 bits per heavy atom. The Morgan fingerprint density at radius 1 is 1.00 bits per heavy atom. The van der Waals surface area contributed by atoms with Crippen molar-refractivity contribution in [3.05, 3.63) is 60.3 Å². The van der Waals surface area contributed by atoms with Crippen LogP contribution in [0.25, 0.3) is 21.9 Å². The third kappa shape index (κ3) is 2.07. The molecule has 0 aliphatic heterocycles. The molecule has 1 amide bonds. The summed E-state index contributed by atoms with van der Waals surface area (Å²) in [6.45, 7) is 0. The number of amides is 1. The number of benzene rings is 2. The predicted molar refractivity (Wildman–Crippen MR) is 83.6 cm³/mol. The summed E-state index contributed by atoms with van der Waals surface area (Å²) in [7, 11) is 0. The summed E-state index contributed by atoms with van der Waals surface area (Å²) in [5, 5.41) is 14.4. The quantitative estimate of drug-likeness (QED) is 0.594. The molecule has 0 bridgehead atoms. The van der Waals surface area contributed by atoms with Crippen molar-refractivity contribution in [2.75, 3.05) is 5.32 Å². The van der Waals surface area contributed by atoms with E-state index in [1.165, 1.54) is 0 Å². The number of hydrogen-bond donors (Lipinski definition) is 2. The fourth-order valence-corrected chi connectivity index (χ4v) is 2.38. The number of fused-ring (bicyclic) bond motifs is 2.